The van der Waals surface area contributed by atoms with Crippen molar-refractivity contribution in [2.75, 3.05) is 19.6 Å². The fourth-order valence-electron chi connectivity index (χ4n) is 3.17. The molecule has 1 heterocycles. The van der Waals surface area contributed by atoms with Crippen molar-refractivity contribution in [3.8, 4) is 0 Å². The van der Waals surface area contributed by atoms with Crippen LogP contribution in [0.5, 0.6) is 0 Å². The maximum atomic E-state index is 12.5. The summed E-state index contributed by atoms with van der Waals surface area (Å²) >= 11 is 3.37. The Kier molecular flexibility index (Phi) is 5.56. The maximum Gasteiger partial charge on any atom is 0.253 e. The highest BCUT2D eigenvalue weighted by atomic mass is 79.9. The highest BCUT2D eigenvalue weighted by Crippen LogP contribution is 2.31. The van der Waals surface area contributed by atoms with Gasteiger partial charge >= 0.3 is 0 Å². The molecule has 1 unspecified atom stereocenters. The minimum atomic E-state index is -0.00892. The van der Waals surface area contributed by atoms with Crippen molar-refractivity contribution >= 4 is 27.7 Å². The normalized spacial score (nSPS) is 19.8. The number of rotatable bonds is 5. The molecule has 3 N–H and O–H groups in total. The number of likely N-dealkylation sites (tertiary alicyclic amines) is 1. The summed E-state index contributed by atoms with van der Waals surface area (Å²) in [6, 6.07) is 7.48. The van der Waals surface area contributed by atoms with Crippen LogP contribution in [0.25, 0.3) is 0 Å². The molecular weight excluding hydrogens is 370 g/mol. The van der Waals surface area contributed by atoms with Gasteiger partial charge in [-0.25, -0.2) is 0 Å². The number of hydrogen-bond acceptors (Lipinski definition) is 3. The minimum absolute atomic E-state index is 0.00892. The molecule has 6 heteroatoms. The van der Waals surface area contributed by atoms with Gasteiger partial charge in [-0.15, -0.1) is 0 Å². The third-order valence-electron chi connectivity index (χ3n) is 4.98. The monoisotopic (exact) mass is 393 g/mol. The predicted molar refractivity (Wildman–Crippen MR) is 96.5 cm³/mol. The Morgan fingerprint density at radius 1 is 1.17 bits per heavy atom. The number of nitrogens with one attached hydrogen (secondary N) is 1. The summed E-state index contributed by atoms with van der Waals surface area (Å²) < 4.78 is 0.957. The lowest BCUT2D eigenvalue weighted by Gasteiger charge is -2.31. The zero-order valence-corrected chi connectivity index (χ0v) is 15.3. The number of carbonyl (C=O) groups is 2. The molecule has 3 rings (SSSR count). The fraction of sp³-hybridized carbons (Fsp3) is 0.556. The molecule has 2 amide bonds. The summed E-state index contributed by atoms with van der Waals surface area (Å²) in [5.41, 5.74) is 6.71. The second kappa shape index (κ2) is 7.66. The highest BCUT2D eigenvalue weighted by molar-refractivity contribution is 9.10. The molecule has 1 aromatic rings. The quantitative estimate of drug-likeness (QED) is 0.804. The largest absolute Gasteiger partial charge is 0.354 e. The van der Waals surface area contributed by atoms with Crippen LogP contribution in [0.3, 0.4) is 0 Å². The van der Waals surface area contributed by atoms with Gasteiger partial charge in [-0.2, -0.15) is 0 Å². The van der Waals surface area contributed by atoms with Gasteiger partial charge in [-0.1, -0.05) is 15.9 Å². The highest BCUT2D eigenvalue weighted by Gasteiger charge is 2.31. The van der Waals surface area contributed by atoms with Crippen molar-refractivity contribution in [1.29, 1.82) is 0 Å². The number of benzene rings is 1. The van der Waals surface area contributed by atoms with Gasteiger partial charge in [0.05, 0.1) is 0 Å². The average molecular weight is 394 g/mol. The third-order valence-corrected chi connectivity index (χ3v) is 5.51. The van der Waals surface area contributed by atoms with Crippen LogP contribution in [0, 0.1) is 11.8 Å². The number of halogens is 1. The summed E-state index contributed by atoms with van der Waals surface area (Å²) in [6.45, 7) is 1.82. The number of piperidine rings is 1. The molecule has 0 radical (unpaired) electrons. The minimum Gasteiger partial charge on any atom is -0.354 e. The first-order chi connectivity index (χ1) is 11.5. The topological polar surface area (TPSA) is 75.4 Å². The Morgan fingerprint density at radius 2 is 1.79 bits per heavy atom. The zero-order valence-electron chi connectivity index (χ0n) is 13.7. The van der Waals surface area contributed by atoms with E-state index in [1.54, 1.807) is 0 Å². The van der Waals surface area contributed by atoms with E-state index in [-0.39, 0.29) is 23.8 Å². The Hall–Kier alpha value is -1.40. The van der Waals surface area contributed by atoms with Crippen molar-refractivity contribution < 1.29 is 9.59 Å². The van der Waals surface area contributed by atoms with Crippen LogP contribution < -0.4 is 11.1 Å². The fourth-order valence-corrected chi connectivity index (χ4v) is 3.44. The summed E-state index contributed by atoms with van der Waals surface area (Å²) in [6.07, 6.45) is 3.81. The van der Waals surface area contributed by atoms with E-state index in [9.17, 15) is 9.59 Å². The van der Waals surface area contributed by atoms with E-state index in [1.165, 1.54) is 12.8 Å². The number of carbonyl (C=O) groups excluding carboxylic acids is 2. The van der Waals surface area contributed by atoms with Crippen LogP contribution in [-0.2, 0) is 4.79 Å². The molecule has 1 aliphatic heterocycles. The predicted octanol–water partition coefficient (Wildman–Crippen LogP) is 2.15. The van der Waals surface area contributed by atoms with Crippen molar-refractivity contribution in [3.05, 3.63) is 34.3 Å². The zero-order chi connectivity index (χ0) is 17.1. The lowest BCUT2D eigenvalue weighted by atomic mass is 9.95. The number of nitrogens with zero attached hydrogens (tertiary/aromatic N) is 1. The van der Waals surface area contributed by atoms with Crippen molar-refractivity contribution in [1.82, 2.24) is 10.2 Å². The molecule has 1 atom stereocenters. The summed E-state index contributed by atoms with van der Waals surface area (Å²) in [4.78, 5) is 26.6. The molecule has 2 fully saturated rings. The van der Waals surface area contributed by atoms with Crippen LogP contribution in [0.15, 0.2) is 28.7 Å². The van der Waals surface area contributed by atoms with E-state index in [2.05, 4.69) is 21.2 Å². The van der Waals surface area contributed by atoms with Gasteiger partial charge in [0.15, 0.2) is 0 Å². The molecule has 2 aliphatic rings. The molecule has 130 valence electrons. The number of nitrogens with two attached hydrogens (primary N) is 1. The van der Waals surface area contributed by atoms with Crippen LogP contribution in [-0.4, -0.2) is 42.4 Å². The SMILES string of the molecule is NC(CNC(=O)C1CCN(C(=O)c2ccc(Br)cc2)CC1)C1CC1. The second-order valence-electron chi connectivity index (χ2n) is 6.82. The summed E-state index contributed by atoms with van der Waals surface area (Å²) in [7, 11) is 0. The van der Waals surface area contributed by atoms with Gasteiger partial charge < -0.3 is 16.0 Å². The molecule has 24 heavy (non-hydrogen) atoms. The Labute approximate surface area is 151 Å². The van der Waals surface area contributed by atoms with Gasteiger partial charge in [0.25, 0.3) is 5.91 Å². The number of amides is 2. The first-order valence-electron chi connectivity index (χ1n) is 8.62. The Morgan fingerprint density at radius 3 is 2.38 bits per heavy atom. The average Bonchev–Trinajstić information content (AvgIpc) is 3.45. The lowest BCUT2D eigenvalue weighted by molar-refractivity contribution is -0.126. The standard InChI is InChI=1S/C18H24BrN3O2/c19-15-5-3-14(4-6-15)18(24)22-9-7-13(8-10-22)17(23)21-11-16(20)12-1-2-12/h3-6,12-13,16H,1-2,7-11,20H2,(H,21,23). The molecule has 1 saturated heterocycles. The van der Waals surface area contributed by atoms with Gasteiger partial charge in [0, 0.05) is 41.6 Å². The molecule has 0 spiro atoms. The third kappa shape index (κ3) is 4.36. The molecular formula is C18H24BrN3O2. The van der Waals surface area contributed by atoms with E-state index in [1.807, 2.05) is 29.2 Å². The second-order valence-corrected chi connectivity index (χ2v) is 7.74. The van der Waals surface area contributed by atoms with Crippen LogP contribution in [0.4, 0.5) is 0 Å². The van der Waals surface area contributed by atoms with Gasteiger partial charge in [0.1, 0.15) is 0 Å². The summed E-state index contributed by atoms with van der Waals surface area (Å²) in [5, 5.41) is 2.98. The first-order valence-corrected chi connectivity index (χ1v) is 9.42. The Bertz CT molecular complexity index is 593. The van der Waals surface area contributed by atoms with Gasteiger partial charge in [0.2, 0.25) is 5.91 Å². The summed E-state index contributed by atoms with van der Waals surface area (Å²) in [5.74, 6) is 0.708. The van der Waals surface area contributed by atoms with E-state index in [0.717, 1.165) is 4.47 Å². The van der Waals surface area contributed by atoms with E-state index < -0.39 is 0 Å². The smallest absolute Gasteiger partial charge is 0.253 e. The van der Waals surface area contributed by atoms with Crippen molar-refractivity contribution in [2.45, 2.75) is 31.7 Å². The molecule has 0 aromatic heterocycles. The van der Waals surface area contributed by atoms with E-state index in [4.69, 9.17) is 5.73 Å². The van der Waals surface area contributed by atoms with Crippen molar-refractivity contribution in [3.63, 3.8) is 0 Å². The van der Waals surface area contributed by atoms with Gasteiger partial charge in [-0.3, -0.25) is 9.59 Å². The molecule has 1 aliphatic carbocycles. The first kappa shape index (κ1) is 17.4. The maximum absolute atomic E-state index is 12.5. The van der Waals surface area contributed by atoms with E-state index >= 15 is 0 Å². The molecule has 1 aromatic carbocycles. The molecule has 1 saturated carbocycles. The number of hydrogen-bond donors (Lipinski definition) is 2. The van der Waals surface area contributed by atoms with E-state index in [0.29, 0.717) is 44.0 Å². The van der Waals surface area contributed by atoms with Crippen LogP contribution in [0.1, 0.15) is 36.0 Å². The molecule has 5 nitrogen and oxygen atoms in total. The Balaban J connectivity index is 1.45. The van der Waals surface area contributed by atoms with Gasteiger partial charge in [-0.05, 0) is 55.9 Å². The van der Waals surface area contributed by atoms with Crippen LogP contribution in [0.2, 0.25) is 0 Å². The van der Waals surface area contributed by atoms with Crippen LogP contribution >= 0.6 is 15.9 Å². The lowest BCUT2D eigenvalue weighted by Crippen LogP contribution is -2.45. The van der Waals surface area contributed by atoms with Crippen molar-refractivity contribution in [2.24, 2.45) is 17.6 Å². The molecule has 0 bridgehead atoms.